The number of likely N-dealkylation sites (N-methyl/N-ethyl adjacent to an activating group) is 1. The molecule has 2 aliphatic rings. The molecule has 0 radical (unpaired) electrons. The molecule has 30 heavy (non-hydrogen) atoms. The molecular formula is C24H28N4O2. The van der Waals surface area contributed by atoms with E-state index in [1.54, 1.807) is 12.0 Å². The lowest BCUT2D eigenvalue weighted by atomic mass is 9.82. The summed E-state index contributed by atoms with van der Waals surface area (Å²) in [6, 6.07) is 8.72. The van der Waals surface area contributed by atoms with Crippen LogP contribution in [-0.2, 0) is 24.0 Å². The Bertz CT molecular complexity index is 1110. The Balaban J connectivity index is 1.57. The smallest absolute Gasteiger partial charge is 0.255 e. The highest BCUT2D eigenvalue weighted by Crippen LogP contribution is 2.43. The fraction of sp³-hybridized carbons (Fsp3) is 0.417. The van der Waals surface area contributed by atoms with Gasteiger partial charge >= 0.3 is 0 Å². The van der Waals surface area contributed by atoms with E-state index in [2.05, 4.69) is 29.6 Å². The zero-order valence-corrected chi connectivity index (χ0v) is 17.9. The summed E-state index contributed by atoms with van der Waals surface area (Å²) in [5.74, 6) is 0.0315. The summed E-state index contributed by atoms with van der Waals surface area (Å²) in [6.07, 6.45) is 7.85. The monoisotopic (exact) mass is 404 g/mol. The number of nitrogens with zero attached hydrogens (tertiary/aromatic N) is 3. The third-order valence-electron chi connectivity index (χ3n) is 6.60. The largest absolute Gasteiger partial charge is 0.383 e. The van der Waals surface area contributed by atoms with Crippen LogP contribution in [0.1, 0.15) is 39.2 Å². The fourth-order valence-electron chi connectivity index (χ4n) is 5.05. The topological polar surface area (TPSA) is 58.9 Å². The summed E-state index contributed by atoms with van der Waals surface area (Å²) in [6.45, 7) is 3.09. The van der Waals surface area contributed by atoms with Gasteiger partial charge in [0, 0.05) is 38.6 Å². The fourth-order valence-corrected chi connectivity index (χ4v) is 5.05. The predicted molar refractivity (Wildman–Crippen MR) is 117 cm³/mol. The van der Waals surface area contributed by atoms with E-state index in [0.717, 1.165) is 53.8 Å². The quantitative estimate of drug-likeness (QED) is 0.725. The number of fused-ring (bicyclic) bond motifs is 4. The van der Waals surface area contributed by atoms with Gasteiger partial charge in [-0.3, -0.25) is 4.79 Å². The van der Waals surface area contributed by atoms with Gasteiger partial charge in [0.15, 0.2) is 5.65 Å². The van der Waals surface area contributed by atoms with Crippen LogP contribution in [0.25, 0.3) is 5.65 Å². The van der Waals surface area contributed by atoms with E-state index in [0.29, 0.717) is 13.2 Å². The Morgan fingerprint density at radius 2 is 2.00 bits per heavy atom. The molecule has 3 heterocycles. The highest BCUT2D eigenvalue weighted by atomic mass is 16.5. The maximum Gasteiger partial charge on any atom is 0.255 e. The number of amides is 1. The Hall–Kier alpha value is -2.86. The maximum absolute atomic E-state index is 13.3. The van der Waals surface area contributed by atoms with Crippen LogP contribution >= 0.6 is 0 Å². The van der Waals surface area contributed by atoms with Crippen LogP contribution in [0.2, 0.25) is 0 Å². The van der Waals surface area contributed by atoms with Crippen LogP contribution in [0, 0.1) is 6.92 Å². The number of rotatable bonds is 4. The van der Waals surface area contributed by atoms with Gasteiger partial charge in [0.1, 0.15) is 0 Å². The number of hydrogen-bond acceptors (Lipinski definition) is 4. The minimum Gasteiger partial charge on any atom is -0.383 e. The molecule has 5 rings (SSSR count). The molecule has 6 heteroatoms. The van der Waals surface area contributed by atoms with Gasteiger partial charge in [-0.25, -0.2) is 4.98 Å². The lowest BCUT2D eigenvalue weighted by Crippen LogP contribution is -2.43. The second-order valence-electron chi connectivity index (χ2n) is 8.76. The number of hydrogen-bond donors (Lipinski definition) is 1. The van der Waals surface area contributed by atoms with Gasteiger partial charge in [-0.1, -0.05) is 24.3 Å². The molecule has 0 atom stereocenters. The minimum atomic E-state index is 0.000650. The number of carbonyl (C=O) groups excluding carboxylic acids is 1. The summed E-state index contributed by atoms with van der Waals surface area (Å²) >= 11 is 0. The first kappa shape index (κ1) is 19.1. The normalized spacial score (nSPS) is 16.4. The summed E-state index contributed by atoms with van der Waals surface area (Å²) in [5, 5.41) is 3.87. The number of nitrogens with one attached hydrogen (secondary N) is 1. The van der Waals surface area contributed by atoms with E-state index < -0.39 is 0 Å². The highest BCUT2D eigenvalue weighted by Gasteiger charge is 2.41. The highest BCUT2D eigenvalue weighted by molar-refractivity contribution is 5.98. The Labute approximate surface area is 176 Å². The molecule has 0 saturated carbocycles. The van der Waals surface area contributed by atoms with Gasteiger partial charge < -0.3 is 19.4 Å². The van der Waals surface area contributed by atoms with Crippen molar-refractivity contribution in [2.45, 2.75) is 38.1 Å². The van der Waals surface area contributed by atoms with Gasteiger partial charge in [0.25, 0.3) is 5.91 Å². The van der Waals surface area contributed by atoms with Crippen LogP contribution in [0.5, 0.6) is 0 Å². The standard InChI is InChI=1S/C24H28N4O2/c1-16-14-28-15-20(23(29)27(2)10-11-30-3)19-8-9-24(26-21(19)22(28)25-16)12-17-6-4-5-7-18(17)13-24/h4-7,14-15,26H,8-13H2,1-3H3. The lowest BCUT2D eigenvalue weighted by Gasteiger charge is -2.38. The zero-order valence-electron chi connectivity index (χ0n) is 17.9. The second-order valence-corrected chi connectivity index (χ2v) is 8.76. The molecule has 0 unspecified atom stereocenters. The predicted octanol–water partition coefficient (Wildman–Crippen LogP) is 3.26. The van der Waals surface area contributed by atoms with Crippen molar-refractivity contribution in [3.63, 3.8) is 0 Å². The lowest BCUT2D eigenvalue weighted by molar-refractivity contribution is 0.0742. The Kier molecular flexibility index (Phi) is 4.54. The molecule has 0 saturated heterocycles. The van der Waals surface area contributed by atoms with Crippen LogP contribution < -0.4 is 5.32 Å². The number of aryl methyl sites for hydroxylation is 1. The van der Waals surface area contributed by atoms with Crippen molar-refractivity contribution in [3.8, 4) is 0 Å². The van der Waals surface area contributed by atoms with Gasteiger partial charge in [0.05, 0.1) is 23.6 Å². The van der Waals surface area contributed by atoms with Crippen molar-refractivity contribution in [3.05, 3.63) is 64.6 Å². The second kappa shape index (κ2) is 7.13. The third kappa shape index (κ3) is 3.06. The van der Waals surface area contributed by atoms with E-state index in [1.165, 1.54) is 11.1 Å². The molecule has 1 aliphatic heterocycles. The van der Waals surface area contributed by atoms with Crippen LogP contribution in [0.15, 0.2) is 36.7 Å². The summed E-state index contributed by atoms with van der Waals surface area (Å²) < 4.78 is 7.16. The van der Waals surface area contributed by atoms with Gasteiger partial charge in [-0.2, -0.15) is 0 Å². The first-order chi connectivity index (χ1) is 14.5. The van der Waals surface area contributed by atoms with Crippen LogP contribution in [0.3, 0.4) is 0 Å². The number of imidazole rings is 1. The number of aromatic nitrogens is 2. The van der Waals surface area contributed by atoms with E-state index in [1.807, 2.05) is 30.8 Å². The summed E-state index contributed by atoms with van der Waals surface area (Å²) in [4.78, 5) is 19.8. The number of carbonyl (C=O) groups is 1. The van der Waals surface area contributed by atoms with E-state index >= 15 is 0 Å². The van der Waals surface area contributed by atoms with E-state index in [4.69, 9.17) is 9.72 Å². The number of benzene rings is 1. The molecule has 1 spiro atoms. The SMILES string of the molecule is COCCN(C)C(=O)c1cn2cc(C)nc2c2c1CCC1(Cc3ccccc3C1)N2. The third-order valence-corrected chi connectivity index (χ3v) is 6.60. The van der Waals surface area contributed by atoms with Crippen LogP contribution in [-0.4, -0.2) is 53.0 Å². The molecule has 1 amide bonds. The molecule has 3 aromatic rings. The van der Waals surface area contributed by atoms with Crippen molar-refractivity contribution in [2.24, 2.45) is 0 Å². The molecule has 156 valence electrons. The number of methoxy groups -OCH3 is 1. The number of anilines is 1. The average molecular weight is 405 g/mol. The van der Waals surface area contributed by atoms with Crippen molar-refractivity contribution >= 4 is 17.2 Å². The molecule has 0 bridgehead atoms. The van der Waals surface area contributed by atoms with Gasteiger partial charge in [0.2, 0.25) is 0 Å². The van der Waals surface area contributed by atoms with Gasteiger partial charge in [-0.15, -0.1) is 0 Å². The number of ether oxygens (including phenoxy) is 1. The molecule has 0 fully saturated rings. The Morgan fingerprint density at radius 1 is 1.27 bits per heavy atom. The first-order valence-corrected chi connectivity index (χ1v) is 10.6. The number of pyridine rings is 1. The van der Waals surface area contributed by atoms with Crippen molar-refractivity contribution in [1.29, 1.82) is 0 Å². The summed E-state index contributed by atoms with van der Waals surface area (Å²) in [7, 11) is 3.49. The molecule has 1 aromatic carbocycles. The van der Waals surface area contributed by atoms with Crippen LogP contribution in [0.4, 0.5) is 5.69 Å². The first-order valence-electron chi connectivity index (χ1n) is 10.6. The molecular weight excluding hydrogens is 376 g/mol. The van der Waals surface area contributed by atoms with Crippen molar-refractivity contribution in [2.75, 3.05) is 32.6 Å². The van der Waals surface area contributed by atoms with Crippen molar-refractivity contribution < 1.29 is 9.53 Å². The Morgan fingerprint density at radius 3 is 2.70 bits per heavy atom. The molecule has 1 aliphatic carbocycles. The molecule has 2 aromatic heterocycles. The van der Waals surface area contributed by atoms with E-state index in [-0.39, 0.29) is 11.4 Å². The zero-order chi connectivity index (χ0) is 20.9. The van der Waals surface area contributed by atoms with Gasteiger partial charge in [-0.05, 0) is 49.3 Å². The molecule has 1 N–H and O–H groups in total. The minimum absolute atomic E-state index is 0.000650. The summed E-state index contributed by atoms with van der Waals surface area (Å²) in [5.41, 5.74) is 7.58. The maximum atomic E-state index is 13.3. The van der Waals surface area contributed by atoms with E-state index in [9.17, 15) is 4.79 Å². The van der Waals surface area contributed by atoms with Crippen molar-refractivity contribution in [1.82, 2.24) is 14.3 Å². The molecule has 6 nitrogen and oxygen atoms in total. The average Bonchev–Trinajstić information content (AvgIpc) is 3.29.